The van der Waals surface area contributed by atoms with Crippen LogP contribution in [0.25, 0.3) is 11.1 Å². The minimum absolute atomic E-state index is 0.391. The second kappa shape index (κ2) is 7.08. The third-order valence-electron chi connectivity index (χ3n) is 4.71. The highest BCUT2D eigenvalue weighted by Gasteiger charge is 2.19. The van der Waals surface area contributed by atoms with E-state index in [9.17, 15) is 5.11 Å². The van der Waals surface area contributed by atoms with E-state index in [1.54, 1.807) is 0 Å². The summed E-state index contributed by atoms with van der Waals surface area (Å²) >= 11 is 0. The van der Waals surface area contributed by atoms with Gasteiger partial charge in [-0.05, 0) is 48.5 Å². The van der Waals surface area contributed by atoms with Crippen molar-refractivity contribution < 1.29 is 5.11 Å². The van der Waals surface area contributed by atoms with Crippen LogP contribution < -0.4 is 0 Å². The quantitative estimate of drug-likeness (QED) is 0.917. The molecular formula is C20H25NO. The van der Waals surface area contributed by atoms with Crippen LogP contribution in [0, 0.1) is 5.92 Å². The SMILES string of the molecule is CC1CCN(CC(O)c2ccc(-c3ccccc3)cc2)CC1. The summed E-state index contributed by atoms with van der Waals surface area (Å²) in [5.41, 5.74) is 3.43. The number of aliphatic hydroxyl groups excluding tert-OH is 1. The minimum Gasteiger partial charge on any atom is -0.387 e. The average Bonchev–Trinajstić information content (AvgIpc) is 2.58. The first-order valence-corrected chi connectivity index (χ1v) is 8.28. The smallest absolute Gasteiger partial charge is 0.0916 e. The zero-order chi connectivity index (χ0) is 15.4. The first-order chi connectivity index (χ1) is 10.7. The Labute approximate surface area is 133 Å². The molecule has 0 spiro atoms. The van der Waals surface area contributed by atoms with Gasteiger partial charge >= 0.3 is 0 Å². The molecule has 1 N–H and O–H groups in total. The highest BCUT2D eigenvalue weighted by Crippen LogP contribution is 2.23. The van der Waals surface area contributed by atoms with Crippen LogP contribution in [0.5, 0.6) is 0 Å². The molecule has 0 aliphatic carbocycles. The number of likely N-dealkylation sites (tertiary alicyclic amines) is 1. The lowest BCUT2D eigenvalue weighted by Gasteiger charge is -2.31. The van der Waals surface area contributed by atoms with Gasteiger partial charge in [0.25, 0.3) is 0 Å². The van der Waals surface area contributed by atoms with Crippen LogP contribution in [0.2, 0.25) is 0 Å². The van der Waals surface area contributed by atoms with Gasteiger partial charge in [0, 0.05) is 6.54 Å². The molecule has 0 bridgehead atoms. The second-order valence-corrected chi connectivity index (χ2v) is 6.49. The zero-order valence-corrected chi connectivity index (χ0v) is 13.3. The van der Waals surface area contributed by atoms with Gasteiger partial charge in [-0.25, -0.2) is 0 Å². The molecule has 22 heavy (non-hydrogen) atoms. The number of hydrogen-bond donors (Lipinski definition) is 1. The van der Waals surface area contributed by atoms with Gasteiger partial charge in [-0.2, -0.15) is 0 Å². The molecule has 1 aliphatic heterocycles. The van der Waals surface area contributed by atoms with Gasteiger partial charge in [0.15, 0.2) is 0 Å². The fraction of sp³-hybridized carbons (Fsp3) is 0.400. The van der Waals surface area contributed by atoms with Crippen molar-refractivity contribution in [3.8, 4) is 11.1 Å². The lowest BCUT2D eigenvalue weighted by molar-refractivity contribution is 0.0916. The molecule has 1 saturated heterocycles. The van der Waals surface area contributed by atoms with E-state index in [0.29, 0.717) is 0 Å². The summed E-state index contributed by atoms with van der Waals surface area (Å²) < 4.78 is 0. The molecule has 2 nitrogen and oxygen atoms in total. The van der Waals surface area contributed by atoms with Crippen LogP contribution in [0.15, 0.2) is 54.6 Å². The topological polar surface area (TPSA) is 23.5 Å². The first kappa shape index (κ1) is 15.3. The number of piperidine rings is 1. The molecule has 0 amide bonds. The van der Waals surface area contributed by atoms with Crippen molar-refractivity contribution in [2.45, 2.75) is 25.9 Å². The Morgan fingerprint density at radius 3 is 2.18 bits per heavy atom. The van der Waals surface area contributed by atoms with E-state index in [0.717, 1.165) is 31.1 Å². The van der Waals surface area contributed by atoms with Crippen LogP contribution >= 0.6 is 0 Å². The fourth-order valence-corrected chi connectivity index (χ4v) is 3.12. The summed E-state index contributed by atoms with van der Waals surface area (Å²) in [6, 6.07) is 18.7. The van der Waals surface area contributed by atoms with E-state index in [-0.39, 0.29) is 0 Å². The highest BCUT2D eigenvalue weighted by atomic mass is 16.3. The lowest BCUT2D eigenvalue weighted by Crippen LogP contribution is -2.35. The van der Waals surface area contributed by atoms with Crippen LogP contribution in [0.3, 0.4) is 0 Å². The molecule has 2 aromatic carbocycles. The molecule has 116 valence electrons. The summed E-state index contributed by atoms with van der Waals surface area (Å²) in [5, 5.41) is 10.5. The van der Waals surface area contributed by atoms with Crippen LogP contribution in [-0.4, -0.2) is 29.6 Å². The molecule has 0 saturated carbocycles. The van der Waals surface area contributed by atoms with Crippen LogP contribution in [-0.2, 0) is 0 Å². The van der Waals surface area contributed by atoms with Gasteiger partial charge in [-0.15, -0.1) is 0 Å². The molecule has 0 aromatic heterocycles. The Kier molecular flexibility index (Phi) is 4.91. The molecule has 0 radical (unpaired) electrons. The van der Waals surface area contributed by atoms with Gasteiger partial charge in [0.1, 0.15) is 0 Å². The number of nitrogens with zero attached hydrogens (tertiary/aromatic N) is 1. The minimum atomic E-state index is -0.391. The van der Waals surface area contributed by atoms with E-state index in [1.807, 2.05) is 6.07 Å². The van der Waals surface area contributed by atoms with Crippen molar-refractivity contribution in [1.82, 2.24) is 4.90 Å². The summed E-state index contributed by atoms with van der Waals surface area (Å²) in [4.78, 5) is 2.38. The predicted octanol–water partition coefficient (Wildman–Crippen LogP) is 4.12. The number of β-amino-alcohol motifs (C(OH)–C–C–N with tert-alkyl or cyclic N) is 1. The van der Waals surface area contributed by atoms with E-state index in [2.05, 4.69) is 60.4 Å². The fourth-order valence-electron chi connectivity index (χ4n) is 3.12. The molecule has 2 aromatic rings. The van der Waals surface area contributed by atoms with Gasteiger partial charge in [0.05, 0.1) is 6.10 Å². The van der Waals surface area contributed by atoms with Crippen LogP contribution in [0.4, 0.5) is 0 Å². The van der Waals surface area contributed by atoms with Gasteiger partial charge in [0.2, 0.25) is 0 Å². The van der Waals surface area contributed by atoms with Gasteiger partial charge in [-0.1, -0.05) is 61.5 Å². The third-order valence-corrected chi connectivity index (χ3v) is 4.71. The standard InChI is InChI=1S/C20H25NO/c1-16-11-13-21(14-12-16)15-20(22)19-9-7-18(8-10-19)17-5-3-2-4-6-17/h2-10,16,20,22H,11-15H2,1H3. The highest BCUT2D eigenvalue weighted by molar-refractivity contribution is 5.63. The average molecular weight is 295 g/mol. The number of benzene rings is 2. The Balaban J connectivity index is 1.62. The molecule has 1 atom stereocenters. The van der Waals surface area contributed by atoms with Gasteiger partial charge < -0.3 is 10.0 Å². The van der Waals surface area contributed by atoms with Crippen molar-refractivity contribution in [2.75, 3.05) is 19.6 Å². The van der Waals surface area contributed by atoms with Crippen molar-refractivity contribution in [3.63, 3.8) is 0 Å². The second-order valence-electron chi connectivity index (χ2n) is 6.49. The predicted molar refractivity (Wildman–Crippen MR) is 91.7 cm³/mol. The summed E-state index contributed by atoms with van der Waals surface area (Å²) in [6.07, 6.45) is 2.11. The summed E-state index contributed by atoms with van der Waals surface area (Å²) in [5.74, 6) is 0.832. The number of rotatable bonds is 4. The zero-order valence-electron chi connectivity index (χ0n) is 13.3. The van der Waals surface area contributed by atoms with Crippen molar-refractivity contribution in [1.29, 1.82) is 0 Å². The Morgan fingerprint density at radius 2 is 1.55 bits per heavy atom. The van der Waals surface area contributed by atoms with E-state index < -0.39 is 6.10 Å². The third kappa shape index (κ3) is 3.76. The first-order valence-electron chi connectivity index (χ1n) is 8.28. The van der Waals surface area contributed by atoms with Gasteiger partial charge in [-0.3, -0.25) is 0 Å². The molecule has 1 heterocycles. The Bertz CT molecular complexity index is 570. The molecule has 1 aliphatic rings. The van der Waals surface area contributed by atoms with E-state index >= 15 is 0 Å². The van der Waals surface area contributed by atoms with E-state index in [1.165, 1.54) is 24.0 Å². The normalized spacial score (nSPS) is 18.3. The molecule has 1 unspecified atom stereocenters. The lowest BCUT2D eigenvalue weighted by atomic mass is 9.98. The molecular weight excluding hydrogens is 270 g/mol. The molecule has 3 rings (SSSR count). The molecule has 2 heteroatoms. The Morgan fingerprint density at radius 1 is 0.955 bits per heavy atom. The largest absolute Gasteiger partial charge is 0.387 e. The van der Waals surface area contributed by atoms with Crippen molar-refractivity contribution in [2.24, 2.45) is 5.92 Å². The van der Waals surface area contributed by atoms with Crippen molar-refractivity contribution >= 4 is 0 Å². The van der Waals surface area contributed by atoms with E-state index in [4.69, 9.17) is 0 Å². The number of hydrogen-bond acceptors (Lipinski definition) is 2. The summed E-state index contributed by atoms with van der Waals surface area (Å²) in [6.45, 7) is 5.29. The molecule has 1 fully saturated rings. The maximum absolute atomic E-state index is 10.5. The maximum atomic E-state index is 10.5. The Hall–Kier alpha value is -1.64. The summed E-state index contributed by atoms with van der Waals surface area (Å²) in [7, 11) is 0. The van der Waals surface area contributed by atoms with Crippen LogP contribution in [0.1, 0.15) is 31.4 Å². The number of aliphatic hydroxyl groups is 1. The maximum Gasteiger partial charge on any atom is 0.0916 e. The monoisotopic (exact) mass is 295 g/mol. The van der Waals surface area contributed by atoms with Crippen molar-refractivity contribution in [3.05, 3.63) is 60.2 Å².